The van der Waals surface area contributed by atoms with Crippen LogP contribution in [0.1, 0.15) is 43.4 Å². The van der Waals surface area contributed by atoms with Gasteiger partial charge in [-0.25, -0.2) is 0 Å². The largest absolute Gasteiger partial charge is 0.418 e. The van der Waals surface area contributed by atoms with Crippen LogP contribution in [0.15, 0.2) is 42.6 Å². The first-order valence-electron chi connectivity index (χ1n) is 9.23. The smallest absolute Gasteiger partial charge is 0.354 e. The number of nitrogens with two attached hydrogens (primary N) is 1. The third-order valence-corrected chi connectivity index (χ3v) is 4.96. The zero-order valence-corrected chi connectivity index (χ0v) is 15.4. The van der Waals surface area contributed by atoms with E-state index in [4.69, 9.17) is 5.73 Å². The number of nitrogens with one attached hydrogen (secondary N) is 2. The highest BCUT2D eigenvalue weighted by Crippen LogP contribution is 2.35. The Bertz CT molecular complexity index is 815. The lowest BCUT2D eigenvalue weighted by molar-refractivity contribution is -0.137. The van der Waals surface area contributed by atoms with E-state index in [-0.39, 0.29) is 18.1 Å². The summed E-state index contributed by atoms with van der Waals surface area (Å²) in [5.74, 6) is -0.185. The molecule has 1 amide bonds. The van der Waals surface area contributed by atoms with Gasteiger partial charge in [0.15, 0.2) is 0 Å². The van der Waals surface area contributed by atoms with Crippen LogP contribution in [0.25, 0.3) is 0 Å². The number of para-hydroxylation sites is 1. The molecule has 3 rings (SSSR count). The molecule has 1 saturated carbocycles. The molecule has 0 radical (unpaired) electrons. The fourth-order valence-corrected chi connectivity index (χ4v) is 3.35. The lowest BCUT2D eigenvalue weighted by atomic mass is 9.82. The average Bonchev–Trinajstić information content (AvgIpc) is 2.67. The van der Waals surface area contributed by atoms with Crippen LogP contribution < -0.4 is 16.4 Å². The minimum absolute atomic E-state index is 0.0415. The van der Waals surface area contributed by atoms with Crippen LogP contribution in [-0.4, -0.2) is 16.4 Å². The molecule has 8 heteroatoms. The number of benzene rings is 1. The van der Waals surface area contributed by atoms with E-state index < -0.39 is 17.3 Å². The molecule has 5 nitrogen and oxygen atoms in total. The molecule has 0 spiro atoms. The standard InChI is InChI=1S/C20H23F3N4O/c21-20(22,23)16-6-2-3-7-17(16)27-15-9-8-14(25-13-15)12-26-18(28)19(24)10-4-1-5-11-19/h2-3,6-9,13,27H,1,4-5,10-12,24H2,(H,26,28). The van der Waals surface area contributed by atoms with Gasteiger partial charge in [-0.05, 0) is 37.1 Å². The number of halogens is 3. The van der Waals surface area contributed by atoms with Crippen molar-refractivity contribution in [1.29, 1.82) is 0 Å². The topological polar surface area (TPSA) is 80.0 Å². The Balaban J connectivity index is 1.61. The number of hydrogen-bond acceptors (Lipinski definition) is 4. The highest BCUT2D eigenvalue weighted by molar-refractivity contribution is 5.86. The molecule has 28 heavy (non-hydrogen) atoms. The van der Waals surface area contributed by atoms with Crippen LogP contribution in [0, 0.1) is 0 Å². The van der Waals surface area contributed by atoms with Crippen LogP contribution in [0.5, 0.6) is 0 Å². The Morgan fingerprint density at radius 3 is 2.46 bits per heavy atom. The number of anilines is 2. The van der Waals surface area contributed by atoms with Crippen molar-refractivity contribution in [3.63, 3.8) is 0 Å². The van der Waals surface area contributed by atoms with Gasteiger partial charge in [0, 0.05) is 0 Å². The number of pyridine rings is 1. The first-order chi connectivity index (χ1) is 13.3. The Kier molecular flexibility index (Phi) is 5.88. The van der Waals surface area contributed by atoms with Gasteiger partial charge >= 0.3 is 6.18 Å². The number of hydrogen-bond donors (Lipinski definition) is 3. The predicted octanol–water partition coefficient (Wildman–Crippen LogP) is 4.12. The minimum atomic E-state index is -4.45. The molecule has 1 heterocycles. The van der Waals surface area contributed by atoms with Crippen LogP contribution in [-0.2, 0) is 17.5 Å². The van der Waals surface area contributed by atoms with Gasteiger partial charge in [0.1, 0.15) is 0 Å². The molecule has 1 aliphatic rings. The van der Waals surface area contributed by atoms with Crippen molar-refractivity contribution in [2.24, 2.45) is 5.73 Å². The highest BCUT2D eigenvalue weighted by Gasteiger charge is 2.35. The number of rotatable bonds is 5. The number of aromatic nitrogens is 1. The molecular formula is C20H23F3N4O. The summed E-state index contributed by atoms with van der Waals surface area (Å²) in [6.45, 7) is 0.219. The first kappa shape index (κ1) is 20.1. The van der Waals surface area contributed by atoms with Crippen molar-refractivity contribution in [1.82, 2.24) is 10.3 Å². The molecule has 4 N–H and O–H groups in total. The molecule has 1 aromatic heterocycles. The molecular weight excluding hydrogens is 369 g/mol. The highest BCUT2D eigenvalue weighted by atomic mass is 19.4. The normalized spacial score (nSPS) is 16.4. The van der Waals surface area contributed by atoms with Crippen LogP contribution in [0.4, 0.5) is 24.5 Å². The summed E-state index contributed by atoms with van der Waals surface area (Å²) >= 11 is 0. The summed E-state index contributed by atoms with van der Waals surface area (Å²) in [5.41, 5.74) is 5.61. The van der Waals surface area contributed by atoms with Gasteiger partial charge in [-0.1, -0.05) is 31.4 Å². The lowest BCUT2D eigenvalue weighted by Gasteiger charge is -2.31. The van der Waals surface area contributed by atoms with Crippen molar-refractivity contribution < 1.29 is 18.0 Å². The van der Waals surface area contributed by atoms with Gasteiger partial charge in [0.25, 0.3) is 0 Å². The zero-order valence-electron chi connectivity index (χ0n) is 15.4. The van der Waals surface area contributed by atoms with Crippen molar-refractivity contribution in [3.05, 3.63) is 53.9 Å². The molecule has 0 bridgehead atoms. The molecule has 1 aromatic carbocycles. The molecule has 1 aliphatic carbocycles. The number of carbonyl (C=O) groups excluding carboxylic acids is 1. The summed E-state index contributed by atoms with van der Waals surface area (Å²) in [6.07, 6.45) is 1.33. The van der Waals surface area contributed by atoms with Gasteiger partial charge in [-0.3, -0.25) is 9.78 Å². The second kappa shape index (κ2) is 8.18. The summed E-state index contributed by atoms with van der Waals surface area (Å²) < 4.78 is 39.2. The minimum Gasteiger partial charge on any atom is -0.354 e. The van der Waals surface area contributed by atoms with E-state index in [2.05, 4.69) is 15.6 Å². The summed E-state index contributed by atoms with van der Waals surface area (Å²) in [6, 6.07) is 8.54. The maximum Gasteiger partial charge on any atom is 0.418 e. The summed E-state index contributed by atoms with van der Waals surface area (Å²) in [5, 5.41) is 5.55. The molecule has 1 fully saturated rings. The number of carbonyl (C=O) groups is 1. The maximum atomic E-state index is 13.1. The summed E-state index contributed by atoms with van der Waals surface area (Å²) in [4.78, 5) is 16.6. The maximum absolute atomic E-state index is 13.1. The molecule has 0 unspecified atom stereocenters. The fourth-order valence-electron chi connectivity index (χ4n) is 3.35. The fraction of sp³-hybridized carbons (Fsp3) is 0.400. The zero-order chi connectivity index (χ0) is 20.2. The monoisotopic (exact) mass is 392 g/mol. The second-order valence-electron chi connectivity index (χ2n) is 7.11. The van der Waals surface area contributed by atoms with Crippen molar-refractivity contribution in [2.75, 3.05) is 5.32 Å². The number of amides is 1. The van der Waals surface area contributed by atoms with E-state index in [9.17, 15) is 18.0 Å². The molecule has 0 saturated heterocycles. The second-order valence-corrected chi connectivity index (χ2v) is 7.11. The van der Waals surface area contributed by atoms with Crippen LogP contribution in [0.2, 0.25) is 0 Å². The molecule has 0 atom stereocenters. The van der Waals surface area contributed by atoms with Gasteiger partial charge < -0.3 is 16.4 Å². The van der Waals surface area contributed by atoms with E-state index in [0.29, 0.717) is 24.2 Å². The van der Waals surface area contributed by atoms with E-state index >= 15 is 0 Å². The van der Waals surface area contributed by atoms with E-state index in [1.807, 2.05) is 0 Å². The average molecular weight is 392 g/mol. The van der Waals surface area contributed by atoms with Crippen LogP contribution >= 0.6 is 0 Å². The van der Waals surface area contributed by atoms with E-state index in [1.165, 1.54) is 24.4 Å². The van der Waals surface area contributed by atoms with Crippen molar-refractivity contribution in [2.45, 2.75) is 50.4 Å². The predicted molar refractivity (Wildman–Crippen MR) is 101 cm³/mol. The lowest BCUT2D eigenvalue weighted by Crippen LogP contribution is -2.54. The van der Waals surface area contributed by atoms with E-state index in [0.717, 1.165) is 25.3 Å². The van der Waals surface area contributed by atoms with Gasteiger partial charge in [-0.15, -0.1) is 0 Å². The van der Waals surface area contributed by atoms with E-state index in [1.54, 1.807) is 12.1 Å². The van der Waals surface area contributed by atoms with Gasteiger partial charge in [0.2, 0.25) is 5.91 Å². The summed E-state index contributed by atoms with van der Waals surface area (Å²) in [7, 11) is 0. The third kappa shape index (κ3) is 4.81. The van der Waals surface area contributed by atoms with Gasteiger partial charge in [0.05, 0.1) is 40.9 Å². The van der Waals surface area contributed by atoms with Crippen molar-refractivity contribution >= 4 is 17.3 Å². The Labute approximate surface area is 161 Å². The SMILES string of the molecule is NC1(C(=O)NCc2ccc(Nc3ccccc3C(F)(F)F)cn2)CCCCC1. The number of nitrogens with zero attached hydrogens (tertiary/aromatic N) is 1. The Morgan fingerprint density at radius 1 is 1.11 bits per heavy atom. The first-order valence-corrected chi connectivity index (χ1v) is 9.23. The van der Waals surface area contributed by atoms with Gasteiger partial charge in [-0.2, -0.15) is 13.2 Å². The van der Waals surface area contributed by atoms with Crippen LogP contribution in [0.3, 0.4) is 0 Å². The quantitative estimate of drug-likeness (QED) is 0.715. The Hall–Kier alpha value is -2.61. The van der Waals surface area contributed by atoms with Crippen molar-refractivity contribution in [3.8, 4) is 0 Å². The number of alkyl halides is 3. The molecule has 150 valence electrons. The Morgan fingerprint density at radius 2 is 1.82 bits per heavy atom. The third-order valence-electron chi connectivity index (χ3n) is 4.96. The molecule has 2 aromatic rings. The molecule has 0 aliphatic heterocycles.